The summed E-state index contributed by atoms with van der Waals surface area (Å²) in [6.07, 6.45) is 1.37. The Labute approximate surface area is 163 Å². The van der Waals surface area contributed by atoms with E-state index < -0.39 is 5.69 Å². The van der Waals surface area contributed by atoms with Crippen molar-refractivity contribution in [1.82, 2.24) is 24.0 Å². The van der Waals surface area contributed by atoms with Crippen LogP contribution in [-0.2, 0) is 27.1 Å². The van der Waals surface area contributed by atoms with Gasteiger partial charge in [0.05, 0.1) is 6.61 Å². The highest BCUT2D eigenvalue weighted by Crippen LogP contribution is 2.15. The predicted octanol–water partition coefficient (Wildman–Crippen LogP) is 0.385. The number of rotatable bonds is 8. The third kappa shape index (κ3) is 3.79. The molecule has 0 fully saturated rings. The first-order valence-electron chi connectivity index (χ1n) is 9.51. The van der Waals surface area contributed by atoms with Gasteiger partial charge in [0.2, 0.25) is 0 Å². The molecule has 1 atom stereocenters. The van der Waals surface area contributed by atoms with Crippen molar-refractivity contribution in [3.8, 4) is 0 Å². The highest BCUT2D eigenvalue weighted by molar-refractivity contribution is 5.71. The molecule has 0 aliphatic heterocycles. The van der Waals surface area contributed by atoms with Gasteiger partial charge in [-0.3, -0.25) is 13.9 Å². The van der Waals surface area contributed by atoms with Crippen LogP contribution in [0.15, 0.2) is 39.9 Å². The second-order valence-corrected chi connectivity index (χ2v) is 6.96. The number of hydrogen-bond acceptors (Lipinski definition) is 5. The first kappa shape index (κ1) is 20.0. The summed E-state index contributed by atoms with van der Waals surface area (Å²) in [5, 5.41) is 12.7. The maximum absolute atomic E-state index is 12.8. The molecule has 3 aromatic rings. The third-order valence-electron chi connectivity index (χ3n) is 5.11. The van der Waals surface area contributed by atoms with Gasteiger partial charge in [-0.05, 0) is 12.0 Å². The summed E-state index contributed by atoms with van der Waals surface area (Å²) in [7, 11) is 3.11. The van der Waals surface area contributed by atoms with Gasteiger partial charge in [-0.25, -0.2) is 9.78 Å². The Morgan fingerprint density at radius 2 is 1.86 bits per heavy atom. The van der Waals surface area contributed by atoms with Crippen molar-refractivity contribution in [3.63, 3.8) is 0 Å². The van der Waals surface area contributed by atoms with Gasteiger partial charge >= 0.3 is 5.69 Å². The Hall–Kier alpha value is -2.71. The van der Waals surface area contributed by atoms with Crippen LogP contribution in [0.2, 0.25) is 0 Å². The summed E-state index contributed by atoms with van der Waals surface area (Å²) in [6, 6.07) is 9.92. The van der Waals surface area contributed by atoms with Crippen molar-refractivity contribution in [2.75, 3.05) is 13.2 Å². The first-order valence-corrected chi connectivity index (χ1v) is 9.51. The zero-order chi connectivity index (χ0) is 20.3. The van der Waals surface area contributed by atoms with Crippen LogP contribution in [0.25, 0.3) is 11.2 Å². The van der Waals surface area contributed by atoms with Gasteiger partial charge in [-0.15, -0.1) is 0 Å². The highest BCUT2D eigenvalue weighted by atomic mass is 16.3. The molecule has 8 heteroatoms. The van der Waals surface area contributed by atoms with E-state index in [4.69, 9.17) is 0 Å². The summed E-state index contributed by atoms with van der Waals surface area (Å²) in [5.41, 5.74) is 1.16. The van der Waals surface area contributed by atoms with Crippen LogP contribution in [0.3, 0.4) is 0 Å². The zero-order valence-electron chi connectivity index (χ0n) is 16.6. The van der Waals surface area contributed by atoms with Crippen molar-refractivity contribution in [1.29, 1.82) is 0 Å². The van der Waals surface area contributed by atoms with Gasteiger partial charge in [0, 0.05) is 39.6 Å². The molecular formula is C20H27N5O3. The van der Waals surface area contributed by atoms with Gasteiger partial charge in [0.25, 0.3) is 5.56 Å². The molecule has 3 rings (SSSR count). The normalized spacial score (nSPS) is 12.6. The van der Waals surface area contributed by atoms with E-state index in [2.05, 4.69) is 10.3 Å². The lowest BCUT2D eigenvalue weighted by molar-refractivity contribution is 0.238. The lowest BCUT2D eigenvalue weighted by Gasteiger charge is -2.15. The Balaban J connectivity index is 2.07. The van der Waals surface area contributed by atoms with Crippen LogP contribution < -0.4 is 16.6 Å². The van der Waals surface area contributed by atoms with Crippen molar-refractivity contribution in [3.05, 3.63) is 62.6 Å². The molecule has 2 N–H and O–H groups in total. The highest BCUT2D eigenvalue weighted by Gasteiger charge is 2.19. The predicted molar refractivity (Wildman–Crippen MR) is 109 cm³/mol. The number of hydrogen-bond donors (Lipinski definition) is 2. The largest absolute Gasteiger partial charge is 0.395 e. The summed E-state index contributed by atoms with van der Waals surface area (Å²) >= 11 is 0. The Kier molecular flexibility index (Phi) is 6.11. The van der Waals surface area contributed by atoms with Crippen LogP contribution in [0.4, 0.5) is 0 Å². The molecule has 0 aliphatic carbocycles. The van der Waals surface area contributed by atoms with Crippen molar-refractivity contribution >= 4 is 11.2 Å². The third-order valence-corrected chi connectivity index (χ3v) is 5.11. The summed E-state index contributed by atoms with van der Waals surface area (Å²) in [4.78, 5) is 29.8. The molecule has 0 saturated heterocycles. The fourth-order valence-corrected chi connectivity index (χ4v) is 3.36. The van der Waals surface area contributed by atoms with Crippen LogP contribution in [0.5, 0.6) is 0 Å². The minimum Gasteiger partial charge on any atom is -0.395 e. The molecule has 0 aliphatic rings. The summed E-state index contributed by atoms with van der Waals surface area (Å²) in [6.45, 7) is 3.17. The number of nitrogens with one attached hydrogen (secondary N) is 1. The van der Waals surface area contributed by atoms with Gasteiger partial charge < -0.3 is 15.0 Å². The van der Waals surface area contributed by atoms with Gasteiger partial charge in [-0.2, -0.15) is 0 Å². The van der Waals surface area contributed by atoms with E-state index in [0.29, 0.717) is 30.7 Å². The quantitative estimate of drug-likeness (QED) is 0.585. The van der Waals surface area contributed by atoms with Crippen molar-refractivity contribution in [2.45, 2.75) is 32.4 Å². The summed E-state index contributed by atoms with van der Waals surface area (Å²) < 4.78 is 4.42. The Morgan fingerprint density at radius 3 is 2.50 bits per heavy atom. The fraction of sp³-hybridized carbons (Fsp3) is 0.450. The smallest absolute Gasteiger partial charge is 0.332 e. The van der Waals surface area contributed by atoms with Gasteiger partial charge in [-0.1, -0.05) is 37.3 Å². The number of aliphatic hydroxyl groups excluding tert-OH is 1. The lowest BCUT2D eigenvalue weighted by Crippen LogP contribution is -2.38. The van der Waals surface area contributed by atoms with E-state index in [9.17, 15) is 14.7 Å². The second-order valence-electron chi connectivity index (χ2n) is 6.96. The van der Waals surface area contributed by atoms with Crippen LogP contribution in [0.1, 0.15) is 24.7 Å². The van der Waals surface area contributed by atoms with Crippen molar-refractivity contribution < 1.29 is 5.11 Å². The lowest BCUT2D eigenvalue weighted by atomic mass is 10.1. The molecular weight excluding hydrogens is 358 g/mol. The van der Waals surface area contributed by atoms with Crippen LogP contribution in [0, 0.1) is 0 Å². The van der Waals surface area contributed by atoms with Gasteiger partial charge in [0.1, 0.15) is 5.82 Å². The molecule has 150 valence electrons. The monoisotopic (exact) mass is 385 g/mol. The average Bonchev–Trinajstić information content (AvgIpc) is 3.07. The number of fused-ring (bicyclic) bond motifs is 1. The molecule has 0 amide bonds. The van der Waals surface area contributed by atoms with E-state index >= 15 is 0 Å². The SMILES string of the molecule is CCC(CO)NCCn1c(Cc2ccccc2)nc2c1c(=O)n(C)c(=O)n2C. The maximum Gasteiger partial charge on any atom is 0.332 e. The number of aryl methyl sites for hydroxylation is 1. The average molecular weight is 385 g/mol. The molecule has 0 saturated carbocycles. The zero-order valence-corrected chi connectivity index (χ0v) is 16.6. The maximum atomic E-state index is 12.8. The molecule has 0 radical (unpaired) electrons. The van der Waals surface area contributed by atoms with Crippen molar-refractivity contribution in [2.24, 2.45) is 14.1 Å². The van der Waals surface area contributed by atoms with E-state index in [0.717, 1.165) is 22.4 Å². The molecule has 28 heavy (non-hydrogen) atoms. The molecule has 2 heterocycles. The van der Waals surface area contributed by atoms with Crippen LogP contribution in [-0.4, -0.2) is 43.0 Å². The number of nitrogens with zero attached hydrogens (tertiary/aromatic N) is 4. The van der Waals surface area contributed by atoms with E-state index in [1.165, 1.54) is 11.6 Å². The molecule has 2 aromatic heterocycles. The van der Waals surface area contributed by atoms with Crippen LogP contribution >= 0.6 is 0 Å². The molecule has 8 nitrogen and oxygen atoms in total. The van der Waals surface area contributed by atoms with E-state index in [-0.39, 0.29) is 18.2 Å². The molecule has 0 spiro atoms. The first-order chi connectivity index (χ1) is 13.5. The fourth-order valence-electron chi connectivity index (χ4n) is 3.36. The number of benzene rings is 1. The number of aliphatic hydroxyl groups is 1. The Bertz CT molecular complexity index is 1060. The molecule has 1 aromatic carbocycles. The molecule has 0 bridgehead atoms. The summed E-state index contributed by atoms with van der Waals surface area (Å²) in [5.74, 6) is 0.735. The minimum atomic E-state index is -0.391. The standard InChI is InChI=1S/C20H27N5O3/c1-4-15(13-26)21-10-11-25-16(12-14-8-6-5-7-9-14)22-18-17(25)19(27)24(3)20(28)23(18)2/h5-9,15,21,26H,4,10-13H2,1-3H3. The number of imidazole rings is 1. The minimum absolute atomic E-state index is 0.0135. The second kappa shape index (κ2) is 8.53. The van der Waals surface area contributed by atoms with Gasteiger partial charge in [0.15, 0.2) is 11.2 Å². The molecule has 1 unspecified atom stereocenters. The topological polar surface area (TPSA) is 94.1 Å². The van der Waals surface area contributed by atoms with E-state index in [1.807, 2.05) is 41.8 Å². The Morgan fingerprint density at radius 1 is 1.14 bits per heavy atom. The van der Waals surface area contributed by atoms with E-state index in [1.54, 1.807) is 7.05 Å². The number of aromatic nitrogens is 4.